The van der Waals surface area contributed by atoms with Gasteiger partial charge in [0.1, 0.15) is 12.3 Å². The first-order valence-electron chi connectivity index (χ1n) is 9.84. The topological polar surface area (TPSA) is 72.1 Å². The minimum absolute atomic E-state index is 0.00858. The first kappa shape index (κ1) is 18.8. The van der Waals surface area contributed by atoms with Crippen molar-refractivity contribution >= 4 is 5.91 Å². The van der Waals surface area contributed by atoms with Gasteiger partial charge in [0.2, 0.25) is 5.91 Å². The number of hydrogen-bond acceptors (Lipinski definition) is 7. The number of likely N-dealkylation sites (N-methyl/N-ethyl adjacent to an activating group) is 1. The van der Waals surface area contributed by atoms with Crippen LogP contribution < -0.4 is 16.2 Å². The van der Waals surface area contributed by atoms with Crippen LogP contribution in [0, 0.1) is 0 Å². The van der Waals surface area contributed by atoms with Crippen LogP contribution in [0.25, 0.3) is 0 Å². The summed E-state index contributed by atoms with van der Waals surface area (Å²) in [5.74, 6) is 0.0278. The minimum Gasteiger partial charge on any atom is -0.349 e. The van der Waals surface area contributed by atoms with E-state index in [4.69, 9.17) is 4.84 Å². The molecule has 3 saturated heterocycles. The molecule has 3 aliphatic heterocycles. The zero-order valence-electron chi connectivity index (χ0n) is 15.9. The average Bonchev–Trinajstić information content (AvgIpc) is 3.33. The minimum atomic E-state index is -0.280. The largest absolute Gasteiger partial charge is 0.349 e. The lowest BCUT2D eigenvalue weighted by Gasteiger charge is -2.35. The van der Waals surface area contributed by atoms with E-state index in [0.29, 0.717) is 6.42 Å². The van der Waals surface area contributed by atoms with Crippen LogP contribution >= 0.6 is 0 Å². The van der Waals surface area contributed by atoms with E-state index in [1.165, 1.54) is 5.56 Å². The number of benzene rings is 1. The fraction of sp³-hybridized carbons (Fsp3) is 0.632. The number of nitrogens with zero attached hydrogens (tertiary/aromatic N) is 3. The number of carbonyl (C=O) groups excluding carboxylic acids is 1. The standard InChI is InChI=1S/C19H30N6O2/c1-23-7-9-24(10-8-23)18-11-17(22-27-18)19(26)21-16-12-20-25(14-16)13-15-5-3-2-4-6-15/h2-6,16-18,20,22H,7-14H2,1H3,(H,21,26). The Bertz CT molecular complexity index is 622. The van der Waals surface area contributed by atoms with Crippen LogP contribution in [0.5, 0.6) is 0 Å². The summed E-state index contributed by atoms with van der Waals surface area (Å²) in [5.41, 5.74) is 7.57. The fourth-order valence-electron chi connectivity index (χ4n) is 3.91. The number of hydrazine groups is 1. The van der Waals surface area contributed by atoms with Crippen molar-refractivity contribution < 1.29 is 9.63 Å². The van der Waals surface area contributed by atoms with Gasteiger partial charge in [-0.1, -0.05) is 30.3 Å². The van der Waals surface area contributed by atoms with E-state index in [1.807, 2.05) is 18.2 Å². The molecule has 3 fully saturated rings. The van der Waals surface area contributed by atoms with Gasteiger partial charge in [0, 0.05) is 52.2 Å². The fourth-order valence-corrected chi connectivity index (χ4v) is 3.91. The van der Waals surface area contributed by atoms with E-state index in [-0.39, 0.29) is 24.2 Å². The number of hydrogen-bond donors (Lipinski definition) is 3. The Kier molecular flexibility index (Phi) is 6.01. The second-order valence-electron chi connectivity index (χ2n) is 7.75. The highest BCUT2D eigenvalue weighted by Gasteiger charge is 2.36. The molecule has 27 heavy (non-hydrogen) atoms. The summed E-state index contributed by atoms with van der Waals surface area (Å²) in [6.07, 6.45) is 0.689. The van der Waals surface area contributed by atoms with Crippen molar-refractivity contribution in [2.75, 3.05) is 46.3 Å². The Balaban J connectivity index is 1.21. The maximum Gasteiger partial charge on any atom is 0.239 e. The molecule has 148 valence electrons. The third kappa shape index (κ3) is 4.84. The zero-order chi connectivity index (χ0) is 18.6. The van der Waals surface area contributed by atoms with Crippen LogP contribution in [0.1, 0.15) is 12.0 Å². The molecule has 3 unspecified atom stereocenters. The monoisotopic (exact) mass is 374 g/mol. The molecule has 1 amide bonds. The lowest BCUT2D eigenvalue weighted by Crippen LogP contribution is -2.49. The number of rotatable bonds is 5. The number of nitrogens with one attached hydrogen (secondary N) is 3. The van der Waals surface area contributed by atoms with Crippen molar-refractivity contribution in [1.82, 2.24) is 31.0 Å². The predicted octanol–water partition coefficient (Wildman–Crippen LogP) is -0.641. The van der Waals surface area contributed by atoms with E-state index in [2.05, 4.69) is 50.2 Å². The van der Waals surface area contributed by atoms with Gasteiger partial charge < -0.3 is 10.2 Å². The van der Waals surface area contributed by atoms with Gasteiger partial charge in [-0.25, -0.2) is 5.01 Å². The Morgan fingerprint density at radius 2 is 2.00 bits per heavy atom. The molecule has 3 N–H and O–H groups in total. The molecule has 0 radical (unpaired) electrons. The first-order valence-corrected chi connectivity index (χ1v) is 9.84. The van der Waals surface area contributed by atoms with Gasteiger partial charge in [0.15, 0.2) is 0 Å². The zero-order valence-corrected chi connectivity index (χ0v) is 15.9. The van der Waals surface area contributed by atoms with Crippen LogP contribution in [-0.2, 0) is 16.2 Å². The average molecular weight is 374 g/mol. The van der Waals surface area contributed by atoms with Gasteiger partial charge in [-0.2, -0.15) is 5.48 Å². The normalized spacial score (nSPS) is 30.6. The molecule has 3 atom stereocenters. The van der Waals surface area contributed by atoms with Gasteiger partial charge in [-0.05, 0) is 12.6 Å². The van der Waals surface area contributed by atoms with Crippen molar-refractivity contribution in [2.24, 2.45) is 0 Å². The highest BCUT2D eigenvalue weighted by molar-refractivity contribution is 5.82. The summed E-state index contributed by atoms with van der Waals surface area (Å²) < 4.78 is 0. The maximum absolute atomic E-state index is 12.6. The molecule has 0 spiro atoms. The highest BCUT2D eigenvalue weighted by atomic mass is 16.7. The van der Waals surface area contributed by atoms with Gasteiger partial charge in [-0.3, -0.25) is 20.0 Å². The van der Waals surface area contributed by atoms with Crippen LogP contribution in [0.15, 0.2) is 30.3 Å². The Morgan fingerprint density at radius 1 is 1.22 bits per heavy atom. The van der Waals surface area contributed by atoms with Crippen molar-refractivity contribution in [2.45, 2.75) is 31.3 Å². The molecule has 8 nitrogen and oxygen atoms in total. The molecule has 0 aromatic heterocycles. The van der Waals surface area contributed by atoms with Crippen LogP contribution in [0.2, 0.25) is 0 Å². The second-order valence-corrected chi connectivity index (χ2v) is 7.75. The summed E-state index contributed by atoms with van der Waals surface area (Å²) in [4.78, 5) is 23.0. The van der Waals surface area contributed by atoms with Crippen molar-refractivity contribution in [3.8, 4) is 0 Å². The Morgan fingerprint density at radius 3 is 2.78 bits per heavy atom. The summed E-state index contributed by atoms with van der Waals surface area (Å²) in [6.45, 7) is 6.45. The van der Waals surface area contributed by atoms with Crippen molar-refractivity contribution in [1.29, 1.82) is 0 Å². The van der Waals surface area contributed by atoms with Gasteiger partial charge in [0.25, 0.3) is 0 Å². The molecule has 3 heterocycles. The second kappa shape index (κ2) is 8.64. The number of amides is 1. The molecule has 1 aromatic carbocycles. The Labute approximate surface area is 160 Å². The quantitative estimate of drug-likeness (QED) is 0.633. The molecule has 3 aliphatic rings. The van der Waals surface area contributed by atoms with Crippen molar-refractivity contribution in [3.05, 3.63) is 35.9 Å². The van der Waals surface area contributed by atoms with Gasteiger partial charge in [-0.15, -0.1) is 0 Å². The summed E-state index contributed by atoms with van der Waals surface area (Å²) in [7, 11) is 2.14. The van der Waals surface area contributed by atoms with Crippen molar-refractivity contribution in [3.63, 3.8) is 0 Å². The summed E-state index contributed by atoms with van der Waals surface area (Å²) in [5, 5.41) is 5.31. The first-order chi connectivity index (χ1) is 13.2. The highest BCUT2D eigenvalue weighted by Crippen LogP contribution is 2.17. The Hall–Kier alpha value is -1.55. The number of carbonyl (C=O) groups is 1. The molecule has 0 saturated carbocycles. The number of piperazine rings is 1. The van der Waals surface area contributed by atoms with E-state index >= 15 is 0 Å². The summed E-state index contributed by atoms with van der Waals surface area (Å²) in [6, 6.07) is 10.2. The molecule has 0 bridgehead atoms. The SMILES string of the molecule is CN1CCN(C2CC(C(=O)NC3CNN(Cc4ccccc4)C3)NO2)CC1. The van der Waals surface area contributed by atoms with Gasteiger partial charge in [0.05, 0.1) is 6.04 Å². The molecule has 1 aromatic rings. The third-order valence-electron chi connectivity index (χ3n) is 5.61. The van der Waals surface area contributed by atoms with E-state index < -0.39 is 0 Å². The van der Waals surface area contributed by atoms with E-state index in [9.17, 15) is 4.79 Å². The molecular formula is C19H30N6O2. The molecule has 8 heteroatoms. The van der Waals surface area contributed by atoms with E-state index in [0.717, 1.165) is 45.8 Å². The van der Waals surface area contributed by atoms with Crippen LogP contribution in [0.4, 0.5) is 0 Å². The molecular weight excluding hydrogens is 344 g/mol. The smallest absolute Gasteiger partial charge is 0.239 e. The predicted molar refractivity (Wildman–Crippen MR) is 102 cm³/mol. The third-order valence-corrected chi connectivity index (χ3v) is 5.61. The van der Waals surface area contributed by atoms with E-state index in [1.54, 1.807) is 0 Å². The lowest BCUT2D eigenvalue weighted by molar-refractivity contribution is -0.125. The summed E-state index contributed by atoms with van der Waals surface area (Å²) >= 11 is 0. The number of hydroxylamine groups is 1. The lowest BCUT2D eigenvalue weighted by atomic mass is 10.1. The van der Waals surface area contributed by atoms with Gasteiger partial charge >= 0.3 is 0 Å². The molecule has 0 aliphatic carbocycles. The molecule has 4 rings (SSSR count). The van der Waals surface area contributed by atoms with Crippen LogP contribution in [-0.4, -0.2) is 85.3 Å². The maximum atomic E-state index is 12.6. The van der Waals surface area contributed by atoms with Crippen LogP contribution in [0.3, 0.4) is 0 Å².